The highest BCUT2D eigenvalue weighted by Crippen LogP contribution is 2.19. The molecular weight excluding hydrogens is 447 g/mol. The normalized spacial score (nSPS) is 11.8. The highest BCUT2D eigenvalue weighted by Gasteiger charge is 2.22. The van der Waals surface area contributed by atoms with Crippen LogP contribution >= 0.6 is 0 Å². The van der Waals surface area contributed by atoms with Crippen molar-refractivity contribution in [3.8, 4) is 0 Å². The second kappa shape index (κ2) is 11.5. The van der Waals surface area contributed by atoms with Gasteiger partial charge in [-0.25, -0.2) is 0 Å². The van der Waals surface area contributed by atoms with E-state index in [9.17, 15) is 0 Å². The van der Waals surface area contributed by atoms with Crippen molar-refractivity contribution in [1.29, 1.82) is 0 Å². The van der Waals surface area contributed by atoms with Crippen molar-refractivity contribution in [1.82, 2.24) is 0 Å². The Balaban J connectivity index is 1.77. The Morgan fingerprint density at radius 2 is 0.784 bits per heavy atom. The van der Waals surface area contributed by atoms with Crippen molar-refractivity contribution in [2.45, 2.75) is 13.8 Å². The molecule has 178 valence electrons. The van der Waals surface area contributed by atoms with Crippen LogP contribution in [0, 0.1) is 13.8 Å². The Labute approximate surface area is 220 Å². The lowest BCUT2D eigenvalue weighted by molar-refractivity contribution is 1.41. The van der Waals surface area contributed by atoms with Crippen molar-refractivity contribution in [3.05, 3.63) is 173 Å². The molecule has 0 aliphatic heterocycles. The van der Waals surface area contributed by atoms with Crippen LogP contribution in [0.15, 0.2) is 149 Å². The third-order valence-corrected chi connectivity index (χ3v) is 6.50. The van der Waals surface area contributed by atoms with E-state index in [0.717, 1.165) is 39.1 Å². The minimum Gasteiger partial charge on any atom is -0.308 e. The monoisotopic (exact) mass is 476 g/mol. The zero-order chi connectivity index (χ0) is 25.5. The maximum absolute atomic E-state index is 5.40. The Morgan fingerprint density at radius 3 is 1.19 bits per heavy atom. The Kier molecular flexibility index (Phi) is 7.52. The van der Waals surface area contributed by atoms with E-state index < -0.39 is 6.98 Å². The molecule has 0 atom stereocenters. The van der Waals surface area contributed by atoms with Crippen molar-refractivity contribution < 1.29 is 0 Å². The largest absolute Gasteiger partial charge is 0.449 e. The Hall–Kier alpha value is -4.50. The summed E-state index contributed by atoms with van der Waals surface area (Å²) in [4.78, 5) is 10.8. The van der Waals surface area contributed by atoms with Crippen LogP contribution in [-0.4, -0.2) is 18.4 Å². The summed E-state index contributed by atoms with van der Waals surface area (Å²) in [6, 6.07) is 48.0. The second-order valence-corrected chi connectivity index (χ2v) is 9.10. The van der Waals surface area contributed by atoms with E-state index in [2.05, 4.69) is 135 Å². The van der Waals surface area contributed by atoms with Crippen LogP contribution in [-0.2, 0) is 0 Å². The summed E-state index contributed by atoms with van der Waals surface area (Å²) in [5.41, 5.74) is 9.67. The first-order valence-corrected chi connectivity index (χ1v) is 12.6. The summed E-state index contributed by atoms with van der Waals surface area (Å²) in [5.74, 6) is 0. The second-order valence-electron chi connectivity index (χ2n) is 9.10. The highest BCUT2D eigenvalue weighted by molar-refractivity contribution is 6.73. The molecule has 0 radical (unpaired) electrons. The summed E-state index contributed by atoms with van der Waals surface area (Å²) in [5, 5.41) is 0. The van der Waals surface area contributed by atoms with Crippen molar-refractivity contribution in [2.24, 2.45) is 9.81 Å². The van der Waals surface area contributed by atoms with Gasteiger partial charge >= 0.3 is 6.98 Å². The first kappa shape index (κ1) is 24.2. The number of hydrogen-bond donors (Lipinski definition) is 0. The number of nitrogens with zero attached hydrogens (tertiary/aromatic N) is 2. The third-order valence-electron chi connectivity index (χ3n) is 6.50. The van der Waals surface area contributed by atoms with Gasteiger partial charge in [0.05, 0.1) is 11.4 Å². The van der Waals surface area contributed by atoms with Crippen LogP contribution in [0.25, 0.3) is 0 Å². The van der Waals surface area contributed by atoms with Crippen LogP contribution in [0.4, 0.5) is 0 Å². The molecule has 0 amide bonds. The van der Waals surface area contributed by atoms with Crippen molar-refractivity contribution >= 4 is 23.9 Å². The summed E-state index contributed by atoms with van der Waals surface area (Å²) in [6.07, 6.45) is 0. The van der Waals surface area contributed by atoms with Crippen molar-refractivity contribution in [3.63, 3.8) is 0 Å². The fraction of sp³-hybridized carbons (Fsp3) is 0.0588. The van der Waals surface area contributed by atoms with E-state index in [4.69, 9.17) is 9.81 Å². The summed E-state index contributed by atoms with van der Waals surface area (Å²) in [6.45, 7) is 3.85. The average molecular weight is 476 g/mol. The van der Waals surface area contributed by atoms with Gasteiger partial charge in [-0.05, 0) is 41.6 Å². The van der Waals surface area contributed by atoms with Gasteiger partial charge in [-0.2, -0.15) is 0 Å². The molecule has 0 aromatic heterocycles. The molecule has 5 aromatic rings. The molecule has 0 aliphatic carbocycles. The van der Waals surface area contributed by atoms with Crippen LogP contribution in [0.2, 0.25) is 0 Å². The van der Waals surface area contributed by atoms with Gasteiger partial charge in [-0.3, -0.25) is 0 Å². The SMILES string of the molecule is Cc1ccccc1C(=NB(N=C(c1ccccc1)c1ccccc1C)c1ccccc1)c1ccccc1. The first-order chi connectivity index (χ1) is 18.2. The lowest BCUT2D eigenvalue weighted by Gasteiger charge is -2.16. The van der Waals surface area contributed by atoms with Gasteiger partial charge in [0.25, 0.3) is 0 Å². The molecule has 5 aromatic carbocycles. The molecule has 0 saturated carbocycles. The highest BCUT2D eigenvalue weighted by atomic mass is 14.8. The van der Waals surface area contributed by atoms with E-state index in [1.165, 1.54) is 11.1 Å². The summed E-state index contributed by atoms with van der Waals surface area (Å²) < 4.78 is 0. The van der Waals surface area contributed by atoms with Crippen LogP contribution < -0.4 is 5.46 Å². The molecule has 0 unspecified atom stereocenters. The average Bonchev–Trinajstić information content (AvgIpc) is 2.96. The topological polar surface area (TPSA) is 24.7 Å². The van der Waals surface area contributed by atoms with E-state index >= 15 is 0 Å². The van der Waals surface area contributed by atoms with Crippen LogP contribution in [0.3, 0.4) is 0 Å². The standard InChI is InChI=1S/C34H29BN2/c1-26-16-12-14-24-31(26)33(28-18-6-3-7-19-28)36-35(30-22-10-5-11-23-30)37-34(29-20-8-4-9-21-29)32-25-15-13-17-27(32)2/h3-25H,1-2H3. The predicted octanol–water partition coefficient (Wildman–Crippen LogP) is 7.07. The molecule has 37 heavy (non-hydrogen) atoms. The number of benzene rings is 5. The van der Waals surface area contributed by atoms with Crippen LogP contribution in [0.5, 0.6) is 0 Å². The molecule has 0 spiro atoms. The molecule has 0 saturated heterocycles. The van der Waals surface area contributed by atoms with E-state index in [-0.39, 0.29) is 0 Å². The lowest BCUT2D eigenvalue weighted by Crippen LogP contribution is -2.30. The zero-order valence-corrected chi connectivity index (χ0v) is 21.3. The number of aryl methyl sites for hydroxylation is 2. The van der Waals surface area contributed by atoms with E-state index in [0.29, 0.717) is 0 Å². The summed E-state index contributed by atoms with van der Waals surface area (Å²) in [7, 11) is 0. The van der Waals surface area contributed by atoms with Gasteiger partial charge < -0.3 is 9.81 Å². The summed E-state index contributed by atoms with van der Waals surface area (Å²) >= 11 is 0. The van der Waals surface area contributed by atoms with Gasteiger partial charge in [0.2, 0.25) is 0 Å². The molecule has 0 bridgehead atoms. The predicted molar refractivity (Wildman–Crippen MR) is 158 cm³/mol. The molecule has 0 heterocycles. The fourth-order valence-electron chi connectivity index (χ4n) is 4.52. The van der Waals surface area contributed by atoms with E-state index in [1.54, 1.807) is 0 Å². The van der Waals surface area contributed by atoms with Gasteiger partial charge in [0, 0.05) is 11.1 Å². The van der Waals surface area contributed by atoms with Gasteiger partial charge in [0.15, 0.2) is 0 Å². The van der Waals surface area contributed by atoms with Gasteiger partial charge in [-0.15, -0.1) is 0 Å². The molecular formula is C34H29BN2. The van der Waals surface area contributed by atoms with E-state index in [1.807, 2.05) is 18.2 Å². The molecule has 5 rings (SSSR count). The van der Waals surface area contributed by atoms with Gasteiger partial charge in [0.1, 0.15) is 0 Å². The quantitative estimate of drug-likeness (QED) is 0.177. The lowest BCUT2D eigenvalue weighted by atomic mass is 9.69. The zero-order valence-electron chi connectivity index (χ0n) is 21.3. The molecule has 0 fully saturated rings. The van der Waals surface area contributed by atoms with Crippen molar-refractivity contribution in [2.75, 3.05) is 0 Å². The van der Waals surface area contributed by atoms with Crippen LogP contribution in [0.1, 0.15) is 33.4 Å². The molecule has 0 N–H and O–H groups in total. The number of hydrogen-bond acceptors (Lipinski definition) is 2. The Bertz CT molecular complexity index is 1430. The molecule has 3 heteroatoms. The molecule has 2 nitrogen and oxygen atoms in total. The molecule has 0 aliphatic rings. The Morgan fingerprint density at radius 1 is 0.432 bits per heavy atom. The first-order valence-electron chi connectivity index (χ1n) is 12.6. The maximum atomic E-state index is 5.40. The fourth-order valence-corrected chi connectivity index (χ4v) is 4.52. The minimum atomic E-state index is -0.425. The van der Waals surface area contributed by atoms with Gasteiger partial charge in [-0.1, -0.05) is 140 Å². The minimum absolute atomic E-state index is 0.425. The maximum Gasteiger partial charge on any atom is 0.449 e. The number of rotatable bonds is 7. The smallest absolute Gasteiger partial charge is 0.308 e. The third kappa shape index (κ3) is 5.68.